The summed E-state index contributed by atoms with van der Waals surface area (Å²) >= 11 is 0. The fraction of sp³-hybridized carbons (Fsp3) is 0.429. The number of benzene rings is 1. The summed E-state index contributed by atoms with van der Waals surface area (Å²) in [6, 6.07) is 7.87. The van der Waals surface area contributed by atoms with Gasteiger partial charge < -0.3 is 19.6 Å². The number of hydrogen-bond donors (Lipinski definition) is 2. The summed E-state index contributed by atoms with van der Waals surface area (Å²) in [4.78, 5) is 17.0. The second kappa shape index (κ2) is 7.29. The Kier molecular flexibility index (Phi) is 4.85. The van der Waals surface area contributed by atoms with Crippen molar-refractivity contribution in [1.82, 2.24) is 19.4 Å². The van der Waals surface area contributed by atoms with E-state index in [-0.39, 0.29) is 12.2 Å². The molecule has 1 atom stereocenters. The number of aromatic nitrogens is 3. The first kappa shape index (κ1) is 17.9. The van der Waals surface area contributed by atoms with E-state index in [2.05, 4.69) is 9.88 Å². The van der Waals surface area contributed by atoms with E-state index in [1.807, 2.05) is 37.4 Å². The Balaban J connectivity index is 1.87. The highest BCUT2D eigenvalue weighted by molar-refractivity contribution is 5.81. The molecule has 4 rings (SSSR count). The molecule has 27 heavy (non-hydrogen) atoms. The number of aryl methyl sites for hydroxylation is 2. The maximum atomic E-state index is 12.1. The van der Waals surface area contributed by atoms with E-state index in [9.17, 15) is 9.90 Å². The second-order valence-corrected chi connectivity index (χ2v) is 7.57. The highest BCUT2D eigenvalue weighted by Crippen LogP contribution is 2.28. The first-order chi connectivity index (χ1) is 13.1. The maximum Gasteiger partial charge on any atom is 0.253 e. The van der Waals surface area contributed by atoms with Crippen molar-refractivity contribution in [2.45, 2.75) is 32.9 Å². The zero-order valence-corrected chi connectivity index (χ0v) is 15.9. The van der Waals surface area contributed by atoms with E-state index < -0.39 is 0 Å². The van der Waals surface area contributed by atoms with Crippen molar-refractivity contribution in [2.75, 3.05) is 13.1 Å². The molecule has 1 aliphatic heterocycles. The molecule has 1 saturated heterocycles. The van der Waals surface area contributed by atoms with E-state index in [1.54, 1.807) is 11.6 Å². The average molecular weight is 366 g/mol. The molecule has 0 radical (unpaired) electrons. The van der Waals surface area contributed by atoms with Crippen molar-refractivity contribution >= 4 is 11.0 Å². The van der Waals surface area contributed by atoms with Gasteiger partial charge in [0.1, 0.15) is 5.82 Å². The van der Waals surface area contributed by atoms with E-state index >= 15 is 0 Å². The highest BCUT2D eigenvalue weighted by Gasteiger charge is 2.20. The number of imidazole rings is 1. The number of nitrogens with zero attached hydrogens (tertiary/aromatic N) is 3. The van der Waals surface area contributed by atoms with Gasteiger partial charge in [0.25, 0.3) is 5.56 Å². The molecule has 3 heterocycles. The Morgan fingerprint density at radius 2 is 2.19 bits per heavy atom. The van der Waals surface area contributed by atoms with Gasteiger partial charge in [-0.05, 0) is 62.5 Å². The summed E-state index contributed by atoms with van der Waals surface area (Å²) in [7, 11) is 1.78. The number of piperidine rings is 1. The van der Waals surface area contributed by atoms with Crippen molar-refractivity contribution in [3.05, 3.63) is 51.9 Å². The van der Waals surface area contributed by atoms with E-state index in [1.165, 1.54) is 12.8 Å². The maximum absolute atomic E-state index is 12.1. The first-order valence-corrected chi connectivity index (χ1v) is 9.55. The Bertz CT molecular complexity index is 1000. The molecular weight excluding hydrogens is 340 g/mol. The van der Waals surface area contributed by atoms with Gasteiger partial charge in [0.2, 0.25) is 0 Å². The summed E-state index contributed by atoms with van der Waals surface area (Å²) in [5.41, 5.74) is 4.48. The quantitative estimate of drug-likeness (QED) is 0.743. The van der Waals surface area contributed by atoms with E-state index in [4.69, 9.17) is 4.98 Å². The van der Waals surface area contributed by atoms with Crippen LogP contribution in [-0.4, -0.2) is 32.3 Å². The molecule has 1 fully saturated rings. The number of aliphatic hydroxyl groups excluding tert-OH is 1. The lowest BCUT2D eigenvalue weighted by molar-refractivity contribution is 0.282. The van der Waals surface area contributed by atoms with Gasteiger partial charge in [0.05, 0.1) is 17.6 Å². The van der Waals surface area contributed by atoms with Crippen LogP contribution in [0.15, 0.2) is 35.3 Å². The Labute approximate surface area is 158 Å². The minimum absolute atomic E-state index is 0.00360. The van der Waals surface area contributed by atoms with Gasteiger partial charge >= 0.3 is 0 Å². The third kappa shape index (κ3) is 3.42. The van der Waals surface area contributed by atoms with Crippen LogP contribution in [0.5, 0.6) is 0 Å². The largest absolute Gasteiger partial charge is 0.392 e. The van der Waals surface area contributed by atoms with Gasteiger partial charge in [0.15, 0.2) is 0 Å². The topological polar surface area (TPSA) is 72.1 Å². The SMILES string of the molecule is Cc1cc(-c2nc3cc(CO)ccc3n2CC2CCCNC2)cn(C)c1=O. The van der Waals surface area contributed by atoms with E-state index in [0.29, 0.717) is 11.5 Å². The molecule has 142 valence electrons. The van der Waals surface area contributed by atoms with Crippen LogP contribution in [0.4, 0.5) is 0 Å². The monoisotopic (exact) mass is 366 g/mol. The summed E-state index contributed by atoms with van der Waals surface area (Å²) in [6.45, 7) is 4.84. The summed E-state index contributed by atoms with van der Waals surface area (Å²) < 4.78 is 3.89. The predicted molar refractivity (Wildman–Crippen MR) is 107 cm³/mol. The van der Waals surface area contributed by atoms with Gasteiger partial charge in [-0.25, -0.2) is 4.98 Å². The number of fused-ring (bicyclic) bond motifs is 1. The minimum atomic E-state index is 0.00360. The molecule has 0 bridgehead atoms. The van der Waals surface area contributed by atoms with E-state index in [0.717, 1.165) is 47.6 Å². The Morgan fingerprint density at radius 1 is 1.33 bits per heavy atom. The first-order valence-electron chi connectivity index (χ1n) is 9.55. The molecule has 1 aliphatic rings. The van der Waals surface area contributed by atoms with Crippen molar-refractivity contribution in [3.8, 4) is 11.4 Å². The predicted octanol–water partition coefficient (Wildman–Crippen LogP) is 2.20. The van der Waals surface area contributed by atoms with Gasteiger partial charge in [-0.15, -0.1) is 0 Å². The molecule has 0 amide bonds. The van der Waals surface area contributed by atoms with Gasteiger partial charge in [0, 0.05) is 30.9 Å². The number of pyridine rings is 1. The third-order valence-corrected chi connectivity index (χ3v) is 5.46. The molecule has 2 aromatic heterocycles. The standard InChI is InChI=1S/C21H26N4O2/c1-14-8-17(12-24(2)21(14)27)20-23-18-9-15(13-26)5-6-19(18)25(20)11-16-4-3-7-22-10-16/h5-6,8-9,12,16,22,26H,3-4,7,10-11,13H2,1-2H3. The molecule has 2 N–H and O–H groups in total. The molecule has 6 nitrogen and oxygen atoms in total. The lowest BCUT2D eigenvalue weighted by atomic mass is 9.99. The minimum Gasteiger partial charge on any atom is -0.392 e. The molecule has 0 saturated carbocycles. The third-order valence-electron chi connectivity index (χ3n) is 5.46. The van der Waals surface area contributed by atoms with Crippen LogP contribution in [0.3, 0.4) is 0 Å². The van der Waals surface area contributed by atoms with Crippen LogP contribution in [0.1, 0.15) is 24.0 Å². The van der Waals surface area contributed by atoms with Crippen molar-refractivity contribution in [3.63, 3.8) is 0 Å². The van der Waals surface area contributed by atoms with Crippen LogP contribution in [-0.2, 0) is 20.2 Å². The van der Waals surface area contributed by atoms with Gasteiger partial charge in [-0.3, -0.25) is 4.79 Å². The van der Waals surface area contributed by atoms with Crippen molar-refractivity contribution in [1.29, 1.82) is 0 Å². The van der Waals surface area contributed by atoms with Crippen LogP contribution in [0, 0.1) is 12.8 Å². The number of nitrogens with one attached hydrogen (secondary N) is 1. The van der Waals surface area contributed by atoms with Crippen molar-refractivity contribution in [2.24, 2.45) is 13.0 Å². The molecule has 0 spiro atoms. The highest BCUT2D eigenvalue weighted by atomic mass is 16.3. The Hall–Kier alpha value is -2.44. The lowest BCUT2D eigenvalue weighted by Crippen LogP contribution is -2.32. The molecule has 1 unspecified atom stereocenters. The van der Waals surface area contributed by atoms with Crippen LogP contribution < -0.4 is 10.9 Å². The molecule has 0 aliphatic carbocycles. The normalized spacial score (nSPS) is 17.5. The van der Waals surface area contributed by atoms with Crippen LogP contribution in [0.25, 0.3) is 22.4 Å². The number of hydrogen-bond acceptors (Lipinski definition) is 4. The Morgan fingerprint density at radius 3 is 2.89 bits per heavy atom. The fourth-order valence-corrected chi connectivity index (χ4v) is 4.02. The van der Waals surface area contributed by atoms with Crippen molar-refractivity contribution < 1.29 is 5.11 Å². The molecular formula is C21H26N4O2. The summed E-state index contributed by atoms with van der Waals surface area (Å²) in [6.07, 6.45) is 4.26. The van der Waals surface area contributed by atoms with Crippen LogP contribution >= 0.6 is 0 Å². The number of rotatable bonds is 4. The molecule has 6 heteroatoms. The molecule has 1 aromatic carbocycles. The lowest BCUT2D eigenvalue weighted by Gasteiger charge is -2.24. The van der Waals surface area contributed by atoms with Gasteiger partial charge in [-0.1, -0.05) is 6.07 Å². The molecule has 3 aromatic rings. The zero-order chi connectivity index (χ0) is 19.0. The average Bonchev–Trinajstić information content (AvgIpc) is 3.04. The summed E-state index contributed by atoms with van der Waals surface area (Å²) in [5, 5.41) is 13.0. The van der Waals surface area contributed by atoms with Gasteiger partial charge in [-0.2, -0.15) is 0 Å². The number of aliphatic hydroxyl groups is 1. The smallest absolute Gasteiger partial charge is 0.253 e. The fourth-order valence-electron chi connectivity index (χ4n) is 4.02. The second-order valence-electron chi connectivity index (χ2n) is 7.57. The van der Waals surface area contributed by atoms with Crippen LogP contribution in [0.2, 0.25) is 0 Å². The zero-order valence-electron chi connectivity index (χ0n) is 15.9. The summed E-state index contributed by atoms with van der Waals surface area (Å²) in [5.74, 6) is 1.44.